The van der Waals surface area contributed by atoms with Crippen molar-refractivity contribution in [1.82, 2.24) is 5.32 Å². The van der Waals surface area contributed by atoms with Crippen LogP contribution in [0.3, 0.4) is 0 Å². The number of aliphatic carboxylic acids is 1. The van der Waals surface area contributed by atoms with Gasteiger partial charge in [0.1, 0.15) is 0 Å². The third kappa shape index (κ3) is 3.54. The van der Waals surface area contributed by atoms with Crippen LogP contribution in [0.5, 0.6) is 5.75 Å². The Morgan fingerprint density at radius 2 is 2.04 bits per heavy atom. The number of ether oxygens (including phenoxy) is 1. The molecule has 3 rings (SSSR count). The van der Waals surface area contributed by atoms with Crippen molar-refractivity contribution in [2.75, 3.05) is 7.11 Å². The Morgan fingerprint density at radius 3 is 2.73 bits per heavy atom. The van der Waals surface area contributed by atoms with Gasteiger partial charge in [-0.25, -0.2) is 9.18 Å². The maximum Gasteiger partial charge on any atom is 0.330 e. The SMILES string of the molecule is COc1ccc(C(NC(=O)C2CCCc3ccccc32)C(=O)O)cc1F. The van der Waals surface area contributed by atoms with Gasteiger partial charge in [0.2, 0.25) is 5.91 Å². The zero-order chi connectivity index (χ0) is 18.7. The Morgan fingerprint density at radius 1 is 1.27 bits per heavy atom. The van der Waals surface area contributed by atoms with Gasteiger partial charge in [-0.15, -0.1) is 0 Å². The molecule has 0 bridgehead atoms. The molecule has 0 aromatic heterocycles. The number of aryl methyl sites for hydroxylation is 1. The molecule has 0 saturated carbocycles. The number of nitrogens with one attached hydrogen (secondary N) is 1. The summed E-state index contributed by atoms with van der Waals surface area (Å²) in [5.41, 5.74) is 2.20. The average molecular weight is 357 g/mol. The highest BCUT2D eigenvalue weighted by atomic mass is 19.1. The van der Waals surface area contributed by atoms with Crippen LogP contribution in [0, 0.1) is 5.82 Å². The number of carbonyl (C=O) groups is 2. The predicted molar refractivity (Wildman–Crippen MR) is 93.6 cm³/mol. The van der Waals surface area contributed by atoms with Crippen molar-refractivity contribution in [3.05, 3.63) is 65.0 Å². The van der Waals surface area contributed by atoms with Crippen LogP contribution in [-0.2, 0) is 16.0 Å². The van der Waals surface area contributed by atoms with Crippen molar-refractivity contribution < 1.29 is 23.8 Å². The summed E-state index contributed by atoms with van der Waals surface area (Å²) in [6, 6.07) is 10.2. The van der Waals surface area contributed by atoms with E-state index in [2.05, 4.69) is 5.32 Å². The number of fused-ring (bicyclic) bond motifs is 1. The lowest BCUT2D eigenvalue weighted by molar-refractivity contribution is -0.142. The number of hydrogen-bond donors (Lipinski definition) is 2. The van der Waals surface area contributed by atoms with E-state index in [0.29, 0.717) is 6.42 Å². The zero-order valence-electron chi connectivity index (χ0n) is 14.4. The number of hydrogen-bond acceptors (Lipinski definition) is 3. The second-order valence-corrected chi connectivity index (χ2v) is 6.32. The van der Waals surface area contributed by atoms with Crippen LogP contribution in [0.1, 0.15) is 41.5 Å². The highest BCUT2D eigenvalue weighted by molar-refractivity contribution is 5.89. The van der Waals surface area contributed by atoms with E-state index in [1.165, 1.54) is 19.2 Å². The Bertz CT molecular complexity index is 836. The topological polar surface area (TPSA) is 75.6 Å². The number of carboxylic acids is 1. The molecule has 1 aliphatic rings. The lowest BCUT2D eigenvalue weighted by atomic mass is 9.82. The first kappa shape index (κ1) is 17.9. The lowest BCUT2D eigenvalue weighted by Crippen LogP contribution is -2.38. The Hall–Kier alpha value is -2.89. The summed E-state index contributed by atoms with van der Waals surface area (Å²) < 4.78 is 18.8. The summed E-state index contributed by atoms with van der Waals surface area (Å²) in [5, 5.41) is 12.1. The predicted octanol–water partition coefficient (Wildman–Crippen LogP) is 3.20. The first-order valence-electron chi connectivity index (χ1n) is 8.45. The van der Waals surface area contributed by atoms with E-state index in [1.807, 2.05) is 24.3 Å². The van der Waals surface area contributed by atoms with Gasteiger partial charge in [0, 0.05) is 0 Å². The van der Waals surface area contributed by atoms with Crippen LogP contribution in [0.2, 0.25) is 0 Å². The molecular formula is C20H20FNO4. The van der Waals surface area contributed by atoms with Gasteiger partial charge in [-0.05, 0) is 48.1 Å². The normalized spacial score (nSPS) is 17.1. The van der Waals surface area contributed by atoms with Gasteiger partial charge >= 0.3 is 5.97 Å². The highest BCUT2D eigenvalue weighted by Crippen LogP contribution is 2.32. The highest BCUT2D eigenvalue weighted by Gasteiger charge is 2.30. The molecule has 136 valence electrons. The molecule has 0 fully saturated rings. The van der Waals surface area contributed by atoms with E-state index in [0.717, 1.165) is 30.0 Å². The monoisotopic (exact) mass is 357 g/mol. The number of amides is 1. The quantitative estimate of drug-likeness (QED) is 0.862. The summed E-state index contributed by atoms with van der Waals surface area (Å²) in [7, 11) is 1.33. The number of carboxylic acid groups (broad SMARTS) is 1. The van der Waals surface area contributed by atoms with Crippen LogP contribution in [0.4, 0.5) is 4.39 Å². The molecule has 2 N–H and O–H groups in total. The Balaban J connectivity index is 1.84. The molecule has 1 aliphatic carbocycles. The fourth-order valence-corrected chi connectivity index (χ4v) is 3.42. The van der Waals surface area contributed by atoms with Gasteiger partial charge in [0.25, 0.3) is 0 Å². The summed E-state index contributed by atoms with van der Waals surface area (Å²) in [6.45, 7) is 0. The van der Waals surface area contributed by atoms with E-state index in [4.69, 9.17) is 4.74 Å². The van der Waals surface area contributed by atoms with E-state index >= 15 is 0 Å². The van der Waals surface area contributed by atoms with Crippen molar-refractivity contribution in [1.29, 1.82) is 0 Å². The van der Waals surface area contributed by atoms with Crippen LogP contribution in [-0.4, -0.2) is 24.1 Å². The molecule has 2 unspecified atom stereocenters. The maximum atomic E-state index is 13.9. The molecule has 2 aromatic carbocycles. The van der Waals surface area contributed by atoms with Gasteiger partial charge in [0.15, 0.2) is 17.6 Å². The van der Waals surface area contributed by atoms with Gasteiger partial charge in [0.05, 0.1) is 13.0 Å². The standard InChI is InChI=1S/C20H20FNO4/c1-26-17-10-9-13(11-16(17)21)18(20(24)25)22-19(23)15-8-4-6-12-5-2-3-7-14(12)15/h2-3,5,7,9-11,15,18H,4,6,8H2,1H3,(H,22,23)(H,24,25). The first-order chi connectivity index (χ1) is 12.5. The third-order valence-corrected chi connectivity index (χ3v) is 4.73. The van der Waals surface area contributed by atoms with Crippen LogP contribution >= 0.6 is 0 Å². The summed E-state index contributed by atoms with van der Waals surface area (Å²) in [4.78, 5) is 24.4. The fraction of sp³-hybridized carbons (Fsp3) is 0.300. The molecule has 5 nitrogen and oxygen atoms in total. The second-order valence-electron chi connectivity index (χ2n) is 6.32. The molecule has 6 heteroatoms. The first-order valence-corrected chi connectivity index (χ1v) is 8.45. The number of carbonyl (C=O) groups excluding carboxylic acids is 1. The molecule has 26 heavy (non-hydrogen) atoms. The van der Waals surface area contributed by atoms with E-state index in [9.17, 15) is 19.1 Å². The molecule has 1 amide bonds. The van der Waals surface area contributed by atoms with Gasteiger partial charge in [-0.1, -0.05) is 30.3 Å². The van der Waals surface area contributed by atoms with Crippen molar-refractivity contribution >= 4 is 11.9 Å². The zero-order valence-corrected chi connectivity index (χ0v) is 14.4. The molecule has 0 aliphatic heterocycles. The van der Waals surface area contributed by atoms with E-state index in [1.54, 1.807) is 0 Å². The summed E-state index contributed by atoms with van der Waals surface area (Å²) in [5.74, 6) is -2.66. The van der Waals surface area contributed by atoms with Crippen molar-refractivity contribution in [2.24, 2.45) is 0 Å². The van der Waals surface area contributed by atoms with E-state index < -0.39 is 23.7 Å². The van der Waals surface area contributed by atoms with Crippen molar-refractivity contribution in [2.45, 2.75) is 31.2 Å². The molecule has 0 radical (unpaired) electrons. The largest absolute Gasteiger partial charge is 0.494 e. The molecule has 0 spiro atoms. The number of halogens is 1. The van der Waals surface area contributed by atoms with Crippen molar-refractivity contribution in [3.63, 3.8) is 0 Å². The third-order valence-electron chi connectivity index (χ3n) is 4.73. The van der Waals surface area contributed by atoms with E-state index in [-0.39, 0.29) is 17.2 Å². The van der Waals surface area contributed by atoms with Crippen LogP contribution in [0.15, 0.2) is 42.5 Å². The maximum absolute atomic E-state index is 13.9. The smallest absolute Gasteiger partial charge is 0.330 e. The molecular weight excluding hydrogens is 337 g/mol. The van der Waals surface area contributed by atoms with Gasteiger partial charge in [-0.2, -0.15) is 0 Å². The molecule has 2 aromatic rings. The van der Waals surface area contributed by atoms with Crippen molar-refractivity contribution in [3.8, 4) is 5.75 Å². The molecule has 2 atom stereocenters. The number of methoxy groups -OCH3 is 1. The van der Waals surface area contributed by atoms with Gasteiger partial charge in [-0.3, -0.25) is 4.79 Å². The summed E-state index contributed by atoms with van der Waals surface area (Å²) >= 11 is 0. The Kier molecular flexibility index (Phi) is 5.21. The molecule has 0 heterocycles. The minimum Gasteiger partial charge on any atom is -0.494 e. The fourth-order valence-electron chi connectivity index (χ4n) is 3.42. The number of rotatable bonds is 5. The minimum absolute atomic E-state index is 0.0189. The molecule has 0 saturated heterocycles. The van der Waals surface area contributed by atoms with Gasteiger partial charge < -0.3 is 15.2 Å². The van der Waals surface area contributed by atoms with Crippen LogP contribution < -0.4 is 10.1 Å². The lowest BCUT2D eigenvalue weighted by Gasteiger charge is -2.26. The summed E-state index contributed by atoms with van der Waals surface area (Å²) in [6.07, 6.45) is 2.43. The average Bonchev–Trinajstić information content (AvgIpc) is 2.65. The minimum atomic E-state index is -1.32. The van der Waals surface area contributed by atoms with Crippen LogP contribution in [0.25, 0.3) is 0 Å². The second kappa shape index (κ2) is 7.56. The number of benzene rings is 2. The Labute approximate surface area is 150 Å².